The minimum Gasteiger partial charge on any atom is -0.449 e. The van der Waals surface area contributed by atoms with E-state index in [-0.39, 0.29) is 17.9 Å². The van der Waals surface area contributed by atoms with Gasteiger partial charge in [0.05, 0.1) is 12.3 Å². The van der Waals surface area contributed by atoms with Crippen molar-refractivity contribution in [1.29, 1.82) is 0 Å². The van der Waals surface area contributed by atoms with Gasteiger partial charge in [0.15, 0.2) is 0 Å². The molecule has 2 aliphatic heterocycles. The molecule has 0 saturated carbocycles. The topological polar surface area (TPSA) is 71.0 Å². The summed E-state index contributed by atoms with van der Waals surface area (Å²) in [5.41, 5.74) is 5.15. The largest absolute Gasteiger partial charge is 0.449 e. The first-order valence-corrected chi connectivity index (χ1v) is 7.06. The van der Waals surface area contributed by atoms with Crippen LogP contribution in [0.5, 0.6) is 0 Å². The van der Waals surface area contributed by atoms with E-state index in [2.05, 4.69) is 10.5 Å². The van der Waals surface area contributed by atoms with Crippen LogP contribution in [0.2, 0.25) is 0 Å². The first kappa shape index (κ1) is 13.6. The molecule has 0 bridgehead atoms. The quantitative estimate of drug-likeness (QED) is 0.903. The zero-order valence-corrected chi connectivity index (χ0v) is 11.8. The van der Waals surface area contributed by atoms with E-state index in [1.54, 1.807) is 4.90 Å². The molecule has 1 atom stereocenters. The van der Waals surface area contributed by atoms with E-state index in [1.807, 2.05) is 31.2 Å². The summed E-state index contributed by atoms with van der Waals surface area (Å²) in [6, 6.07) is 7.61. The van der Waals surface area contributed by atoms with Crippen molar-refractivity contribution < 1.29 is 14.3 Å². The highest BCUT2D eigenvalue weighted by atomic mass is 16.6. The Bertz CT molecular complexity index is 595. The lowest BCUT2D eigenvalue weighted by Crippen LogP contribution is -2.37. The van der Waals surface area contributed by atoms with Crippen molar-refractivity contribution >= 4 is 23.4 Å². The van der Waals surface area contributed by atoms with Crippen LogP contribution in [0.25, 0.3) is 0 Å². The zero-order valence-electron chi connectivity index (χ0n) is 11.8. The molecule has 6 heteroatoms. The van der Waals surface area contributed by atoms with Crippen LogP contribution < -0.4 is 10.3 Å². The Labute approximate surface area is 122 Å². The predicted octanol–water partition coefficient (Wildman–Crippen LogP) is 1.89. The Morgan fingerprint density at radius 3 is 2.71 bits per heavy atom. The van der Waals surface area contributed by atoms with Gasteiger partial charge in [0.25, 0.3) is 0 Å². The fourth-order valence-electron chi connectivity index (χ4n) is 2.60. The number of carbonyl (C=O) groups is 2. The fourth-order valence-corrected chi connectivity index (χ4v) is 2.60. The van der Waals surface area contributed by atoms with Gasteiger partial charge in [0, 0.05) is 24.6 Å². The van der Waals surface area contributed by atoms with Gasteiger partial charge in [-0.25, -0.2) is 10.2 Å². The second kappa shape index (κ2) is 5.55. The Hall–Kier alpha value is -2.37. The number of cyclic esters (lactones) is 1. The van der Waals surface area contributed by atoms with Gasteiger partial charge in [-0.1, -0.05) is 19.1 Å². The fraction of sp³-hybridized carbons (Fsp3) is 0.400. The third-order valence-corrected chi connectivity index (χ3v) is 3.71. The molecule has 1 N–H and O–H groups in total. The SMILES string of the molecule is CC1CC(=O)NN=C1c1ccc(N2CCCOC2=O)cc1. The summed E-state index contributed by atoms with van der Waals surface area (Å²) in [5, 5.41) is 4.13. The van der Waals surface area contributed by atoms with Gasteiger partial charge >= 0.3 is 6.09 Å². The molecule has 1 aromatic rings. The van der Waals surface area contributed by atoms with Gasteiger partial charge in [-0.15, -0.1) is 0 Å². The number of hydrogen-bond acceptors (Lipinski definition) is 4. The average molecular weight is 287 g/mol. The summed E-state index contributed by atoms with van der Waals surface area (Å²) in [6.07, 6.45) is 0.979. The van der Waals surface area contributed by atoms with Crippen LogP contribution in [-0.4, -0.2) is 30.9 Å². The van der Waals surface area contributed by atoms with Crippen LogP contribution in [0, 0.1) is 5.92 Å². The number of hydrogen-bond donors (Lipinski definition) is 1. The second-order valence-corrected chi connectivity index (χ2v) is 5.30. The van der Waals surface area contributed by atoms with E-state index in [9.17, 15) is 9.59 Å². The van der Waals surface area contributed by atoms with E-state index in [4.69, 9.17) is 4.74 Å². The van der Waals surface area contributed by atoms with Gasteiger partial charge in [-0.05, 0) is 24.1 Å². The third kappa shape index (κ3) is 2.74. The van der Waals surface area contributed by atoms with Crippen molar-refractivity contribution in [2.75, 3.05) is 18.1 Å². The standard InChI is InChI=1S/C15H17N3O3/c1-10-9-13(19)16-17-14(10)11-3-5-12(6-4-11)18-7-2-8-21-15(18)20/h3-6,10H,2,7-9H2,1H3,(H,16,19). The molecule has 0 aromatic heterocycles. The average Bonchev–Trinajstić information content (AvgIpc) is 2.48. The van der Waals surface area contributed by atoms with Gasteiger partial charge in [0.2, 0.25) is 5.91 Å². The first-order chi connectivity index (χ1) is 10.1. The van der Waals surface area contributed by atoms with Crippen molar-refractivity contribution in [3.8, 4) is 0 Å². The number of anilines is 1. The smallest absolute Gasteiger partial charge is 0.414 e. The number of rotatable bonds is 2. The Morgan fingerprint density at radius 1 is 1.29 bits per heavy atom. The first-order valence-electron chi connectivity index (χ1n) is 7.06. The molecule has 3 rings (SSSR count). The van der Waals surface area contributed by atoms with Gasteiger partial charge in [-0.3, -0.25) is 9.69 Å². The van der Waals surface area contributed by atoms with Crippen molar-refractivity contribution in [1.82, 2.24) is 5.43 Å². The second-order valence-electron chi connectivity index (χ2n) is 5.30. The molecule has 110 valence electrons. The molecule has 1 fully saturated rings. The van der Waals surface area contributed by atoms with Crippen LogP contribution in [0.15, 0.2) is 29.4 Å². The molecular formula is C15H17N3O3. The molecule has 0 aliphatic carbocycles. The maximum absolute atomic E-state index is 11.7. The minimum absolute atomic E-state index is 0.0565. The molecule has 2 amide bonds. The summed E-state index contributed by atoms with van der Waals surface area (Å²) in [5.74, 6) is 0.0310. The lowest BCUT2D eigenvalue weighted by Gasteiger charge is -2.26. The number of nitrogens with zero attached hydrogens (tertiary/aromatic N) is 2. The number of nitrogens with one attached hydrogen (secondary N) is 1. The molecule has 21 heavy (non-hydrogen) atoms. The Morgan fingerprint density at radius 2 is 2.05 bits per heavy atom. The number of amides is 2. The van der Waals surface area contributed by atoms with Crippen molar-refractivity contribution in [2.24, 2.45) is 11.0 Å². The highest BCUT2D eigenvalue weighted by Crippen LogP contribution is 2.22. The number of hydrazone groups is 1. The normalized spacial score (nSPS) is 22.4. The van der Waals surface area contributed by atoms with Crippen molar-refractivity contribution in [2.45, 2.75) is 19.8 Å². The lowest BCUT2D eigenvalue weighted by molar-refractivity contribution is -0.121. The summed E-state index contributed by atoms with van der Waals surface area (Å²) < 4.78 is 5.04. The highest BCUT2D eigenvalue weighted by Gasteiger charge is 2.23. The Balaban J connectivity index is 1.81. The van der Waals surface area contributed by atoms with Gasteiger partial charge < -0.3 is 4.74 Å². The van der Waals surface area contributed by atoms with E-state index >= 15 is 0 Å². The van der Waals surface area contributed by atoms with E-state index in [0.29, 0.717) is 19.6 Å². The molecule has 1 unspecified atom stereocenters. The lowest BCUT2D eigenvalue weighted by atomic mass is 9.94. The maximum atomic E-state index is 11.7. The summed E-state index contributed by atoms with van der Waals surface area (Å²) >= 11 is 0. The number of benzene rings is 1. The zero-order chi connectivity index (χ0) is 14.8. The minimum atomic E-state index is -0.301. The number of carbonyl (C=O) groups excluding carboxylic acids is 2. The maximum Gasteiger partial charge on any atom is 0.414 e. The van der Waals surface area contributed by atoms with E-state index in [0.717, 1.165) is 23.4 Å². The summed E-state index contributed by atoms with van der Waals surface area (Å²) in [4.78, 5) is 24.6. The molecule has 0 radical (unpaired) electrons. The molecule has 1 saturated heterocycles. The van der Waals surface area contributed by atoms with E-state index < -0.39 is 0 Å². The molecule has 0 spiro atoms. The molecule has 2 aliphatic rings. The predicted molar refractivity (Wildman–Crippen MR) is 78.2 cm³/mol. The number of ether oxygens (including phenoxy) is 1. The van der Waals surface area contributed by atoms with Crippen molar-refractivity contribution in [3.05, 3.63) is 29.8 Å². The van der Waals surface area contributed by atoms with Crippen LogP contribution in [0.4, 0.5) is 10.5 Å². The van der Waals surface area contributed by atoms with E-state index in [1.165, 1.54) is 0 Å². The van der Waals surface area contributed by atoms with Crippen LogP contribution in [0.1, 0.15) is 25.3 Å². The van der Waals surface area contributed by atoms with Gasteiger partial charge in [-0.2, -0.15) is 5.10 Å². The molecule has 6 nitrogen and oxygen atoms in total. The summed E-state index contributed by atoms with van der Waals surface area (Å²) in [7, 11) is 0. The third-order valence-electron chi connectivity index (χ3n) is 3.71. The molecular weight excluding hydrogens is 270 g/mol. The molecule has 1 aromatic carbocycles. The highest BCUT2D eigenvalue weighted by molar-refractivity contribution is 6.06. The summed E-state index contributed by atoms with van der Waals surface area (Å²) in [6.45, 7) is 3.14. The van der Waals surface area contributed by atoms with Gasteiger partial charge in [0.1, 0.15) is 0 Å². The van der Waals surface area contributed by atoms with Crippen LogP contribution in [0.3, 0.4) is 0 Å². The van der Waals surface area contributed by atoms with Crippen LogP contribution in [-0.2, 0) is 9.53 Å². The van der Waals surface area contributed by atoms with Crippen LogP contribution >= 0.6 is 0 Å². The Kier molecular flexibility index (Phi) is 3.60. The monoisotopic (exact) mass is 287 g/mol. The molecule has 2 heterocycles. The van der Waals surface area contributed by atoms with Crippen molar-refractivity contribution in [3.63, 3.8) is 0 Å².